The third-order valence-corrected chi connectivity index (χ3v) is 4.05. The van der Waals surface area contributed by atoms with E-state index in [4.69, 9.17) is 14.6 Å². The first-order valence-corrected chi connectivity index (χ1v) is 7.46. The van der Waals surface area contributed by atoms with Crippen molar-refractivity contribution in [3.63, 3.8) is 0 Å². The minimum Gasteiger partial charge on any atom is -0.494 e. The van der Waals surface area contributed by atoms with Crippen LogP contribution in [0.2, 0.25) is 0 Å². The molecule has 0 saturated carbocycles. The number of carboxylic acid groups (broad SMARTS) is 1. The van der Waals surface area contributed by atoms with Crippen LogP contribution in [0.4, 0.5) is 0 Å². The highest BCUT2D eigenvalue weighted by Gasteiger charge is 2.17. The summed E-state index contributed by atoms with van der Waals surface area (Å²) >= 11 is 1.19. The largest absolute Gasteiger partial charge is 0.494 e. The number of carbonyl (C=O) groups is 1. The van der Waals surface area contributed by atoms with Gasteiger partial charge in [-0.05, 0) is 19.1 Å². The van der Waals surface area contributed by atoms with E-state index in [0.717, 1.165) is 11.0 Å². The summed E-state index contributed by atoms with van der Waals surface area (Å²) in [5.41, 5.74) is 1.64. The van der Waals surface area contributed by atoms with Gasteiger partial charge in [-0.25, -0.2) is 4.98 Å². The van der Waals surface area contributed by atoms with Gasteiger partial charge in [0.25, 0.3) is 0 Å². The summed E-state index contributed by atoms with van der Waals surface area (Å²) in [5.74, 6) is -0.230. The summed E-state index contributed by atoms with van der Waals surface area (Å²) in [7, 11) is 3.24. The van der Waals surface area contributed by atoms with Crippen LogP contribution >= 0.6 is 11.8 Å². The molecule has 0 aliphatic carbocycles. The molecule has 1 aromatic heterocycles. The molecule has 0 fully saturated rings. The maximum Gasteiger partial charge on any atom is 0.313 e. The zero-order valence-corrected chi connectivity index (χ0v) is 13.0. The van der Waals surface area contributed by atoms with Crippen molar-refractivity contribution in [1.29, 1.82) is 0 Å². The first kappa shape index (κ1) is 15.7. The van der Waals surface area contributed by atoms with Gasteiger partial charge in [0.15, 0.2) is 5.16 Å². The van der Waals surface area contributed by atoms with Crippen LogP contribution in [-0.2, 0) is 16.1 Å². The van der Waals surface area contributed by atoms with Gasteiger partial charge in [-0.15, -0.1) is 0 Å². The number of thioether (sulfide) groups is 1. The van der Waals surface area contributed by atoms with Crippen molar-refractivity contribution in [3.8, 4) is 5.75 Å². The van der Waals surface area contributed by atoms with Crippen molar-refractivity contribution >= 4 is 28.8 Å². The van der Waals surface area contributed by atoms with Gasteiger partial charge >= 0.3 is 5.97 Å². The lowest BCUT2D eigenvalue weighted by Crippen LogP contribution is -2.15. The Bertz CT molecular complexity index is 641. The fraction of sp³-hybridized carbons (Fsp3) is 0.429. The quantitative estimate of drug-likeness (QED) is 0.791. The van der Waals surface area contributed by atoms with Gasteiger partial charge in [0.2, 0.25) is 0 Å². The molecule has 0 amide bonds. The van der Waals surface area contributed by atoms with E-state index in [9.17, 15) is 4.79 Å². The van der Waals surface area contributed by atoms with Crippen molar-refractivity contribution in [3.05, 3.63) is 18.2 Å². The van der Waals surface area contributed by atoms with E-state index in [1.165, 1.54) is 11.8 Å². The number of carboxylic acids is 1. The van der Waals surface area contributed by atoms with Gasteiger partial charge in [0, 0.05) is 7.11 Å². The third-order valence-electron chi connectivity index (χ3n) is 3.09. The minimum atomic E-state index is -0.870. The molecule has 7 heteroatoms. The Balaban J connectivity index is 2.48. The summed E-state index contributed by atoms with van der Waals surface area (Å²) in [6, 6.07) is 5.67. The number of aliphatic carboxylic acids is 1. The molecule has 1 N–H and O–H groups in total. The fourth-order valence-corrected chi connectivity index (χ4v) is 2.75. The Morgan fingerprint density at radius 1 is 1.48 bits per heavy atom. The van der Waals surface area contributed by atoms with Crippen molar-refractivity contribution in [2.45, 2.75) is 24.7 Å². The predicted octanol–water partition coefficient (Wildman–Crippen LogP) is 2.26. The smallest absolute Gasteiger partial charge is 0.313 e. The van der Waals surface area contributed by atoms with Crippen LogP contribution < -0.4 is 4.74 Å². The summed E-state index contributed by atoms with van der Waals surface area (Å²) in [6.45, 7) is 2.56. The SMILES string of the molecule is COc1cccc2c1nc(SCC(=O)O)n2CC(C)OC. The molecule has 0 saturated heterocycles. The zero-order chi connectivity index (χ0) is 15.4. The van der Waals surface area contributed by atoms with Crippen LogP contribution in [0.3, 0.4) is 0 Å². The highest BCUT2D eigenvalue weighted by atomic mass is 32.2. The Morgan fingerprint density at radius 3 is 2.86 bits per heavy atom. The maximum absolute atomic E-state index is 10.8. The molecular weight excluding hydrogens is 292 g/mol. The molecule has 2 rings (SSSR count). The lowest BCUT2D eigenvalue weighted by atomic mass is 10.3. The lowest BCUT2D eigenvalue weighted by Gasteiger charge is -2.13. The van der Waals surface area contributed by atoms with E-state index in [1.54, 1.807) is 14.2 Å². The normalized spacial score (nSPS) is 12.5. The molecule has 0 aliphatic heterocycles. The number of methoxy groups -OCH3 is 2. The second-order valence-electron chi connectivity index (χ2n) is 4.56. The molecule has 2 aromatic rings. The molecule has 6 nitrogen and oxygen atoms in total. The van der Waals surface area contributed by atoms with Crippen LogP contribution in [0.1, 0.15) is 6.92 Å². The van der Waals surface area contributed by atoms with Crippen molar-refractivity contribution < 1.29 is 19.4 Å². The van der Waals surface area contributed by atoms with Gasteiger partial charge in [-0.3, -0.25) is 4.79 Å². The summed E-state index contributed by atoms with van der Waals surface area (Å²) in [4.78, 5) is 15.3. The van der Waals surface area contributed by atoms with Gasteiger partial charge in [-0.1, -0.05) is 17.8 Å². The van der Waals surface area contributed by atoms with Crippen molar-refractivity contribution in [2.75, 3.05) is 20.0 Å². The summed E-state index contributed by atoms with van der Waals surface area (Å²) in [5, 5.41) is 9.52. The predicted molar refractivity (Wildman–Crippen MR) is 81.1 cm³/mol. The maximum atomic E-state index is 10.8. The fourth-order valence-electron chi connectivity index (χ4n) is 2.01. The van der Waals surface area contributed by atoms with E-state index in [2.05, 4.69) is 4.98 Å². The summed E-state index contributed by atoms with van der Waals surface area (Å²) in [6.07, 6.45) is -0.00206. The number of aromatic nitrogens is 2. The number of imidazole rings is 1. The van der Waals surface area contributed by atoms with Gasteiger partial charge < -0.3 is 19.1 Å². The molecule has 1 heterocycles. The van der Waals surface area contributed by atoms with E-state index in [-0.39, 0.29) is 11.9 Å². The molecule has 1 unspecified atom stereocenters. The molecule has 0 spiro atoms. The molecular formula is C14H18N2O4S. The highest BCUT2D eigenvalue weighted by molar-refractivity contribution is 7.99. The number of benzene rings is 1. The average molecular weight is 310 g/mol. The van der Waals surface area contributed by atoms with E-state index in [1.807, 2.05) is 29.7 Å². The molecule has 1 aromatic carbocycles. The molecule has 21 heavy (non-hydrogen) atoms. The van der Waals surface area contributed by atoms with E-state index < -0.39 is 5.97 Å². The molecule has 0 bridgehead atoms. The first-order chi connectivity index (χ1) is 10.1. The number of hydrogen-bond donors (Lipinski definition) is 1. The summed E-state index contributed by atoms with van der Waals surface area (Å²) < 4.78 is 12.6. The van der Waals surface area contributed by atoms with Gasteiger partial charge in [0.1, 0.15) is 11.3 Å². The standard InChI is InChI=1S/C14H18N2O4S/c1-9(19-2)7-16-10-5-4-6-11(20-3)13(10)15-14(16)21-8-12(17)18/h4-6,9H,7-8H2,1-3H3,(H,17,18). The topological polar surface area (TPSA) is 73.6 Å². The Kier molecular flexibility index (Phi) is 5.08. The molecule has 0 radical (unpaired) electrons. The molecule has 0 aliphatic rings. The number of hydrogen-bond acceptors (Lipinski definition) is 5. The Morgan fingerprint density at radius 2 is 2.24 bits per heavy atom. The van der Waals surface area contributed by atoms with Crippen molar-refractivity contribution in [2.24, 2.45) is 0 Å². The van der Waals surface area contributed by atoms with E-state index >= 15 is 0 Å². The number of fused-ring (bicyclic) bond motifs is 1. The van der Waals surface area contributed by atoms with Gasteiger partial charge in [0.05, 0.1) is 31.0 Å². The number of nitrogens with zero attached hydrogens (tertiary/aromatic N) is 2. The van der Waals surface area contributed by atoms with Crippen LogP contribution in [0.5, 0.6) is 5.75 Å². The second kappa shape index (κ2) is 6.82. The Hall–Kier alpha value is -1.73. The van der Waals surface area contributed by atoms with Crippen LogP contribution in [-0.4, -0.2) is 46.7 Å². The van der Waals surface area contributed by atoms with Crippen LogP contribution in [0.15, 0.2) is 23.4 Å². The molecule has 1 atom stereocenters. The van der Waals surface area contributed by atoms with Crippen LogP contribution in [0.25, 0.3) is 11.0 Å². The monoisotopic (exact) mass is 310 g/mol. The Labute approximate surface area is 127 Å². The minimum absolute atomic E-state index is 0.00206. The van der Waals surface area contributed by atoms with Crippen molar-refractivity contribution in [1.82, 2.24) is 9.55 Å². The highest BCUT2D eigenvalue weighted by Crippen LogP contribution is 2.30. The number of ether oxygens (including phenoxy) is 2. The molecule has 114 valence electrons. The number of rotatable bonds is 7. The van der Waals surface area contributed by atoms with Gasteiger partial charge in [-0.2, -0.15) is 0 Å². The zero-order valence-electron chi connectivity index (χ0n) is 12.2. The van der Waals surface area contributed by atoms with E-state index in [0.29, 0.717) is 17.5 Å². The first-order valence-electron chi connectivity index (χ1n) is 6.47. The third kappa shape index (κ3) is 3.48. The number of para-hydroxylation sites is 1. The van der Waals surface area contributed by atoms with Crippen LogP contribution in [0, 0.1) is 0 Å². The lowest BCUT2D eigenvalue weighted by molar-refractivity contribution is -0.133. The second-order valence-corrected chi connectivity index (χ2v) is 5.50. The average Bonchev–Trinajstić information content (AvgIpc) is 2.82.